The largest absolute Gasteiger partial charge is 0.478 e. The van der Waals surface area contributed by atoms with Gasteiger partial charge < -0.3 is 10.4 Å². The fraction of sp³-hybridized carbons (Fsp3) is 0.176. The van der Waals surface area contributed by atoms with Crippen LogP contribution in [-0.2, 0) is 11.3 Å². The smallest absolute Gasteiger partial charge is 0.338 e. The number of anilines is 1. The highest BCUT2D eigenvalue weighted by Crippen LogP contribution is 2.14. The van der Waals surface area contributed by atoms with Crippen molar-refractivity contribution in [1.29, 1.82) is 0 Å². The van der Waals surface area contributed by atoms with Crippen LogP contribution in [0.25, 0.3) is 0 Å². The predicted molar refractivity (Wildman–Crippen MR) is 98.0 cm³/mol. The van der Waals surface area contributed by atoms with Crippen LogP contribution >= 0.6 is 15.9 Å². The van der Waals surface area contributed by atoms with Gasteiger partial charge in [-0.3, -0.25) is 14.2 Å². The molecule has 0 aliphatic carbocycles. The molecule has 1 amide bonds. The number of benzene rings is 1. The number of halogens is 1. The van der Waals surface area contributed by atoms with Gasteiger partial charge in [-0.05, 0) is 24.6 Å². The average molecular weight is 418 g/mol. The molecule has 1 aromatic carbocycles. The number of amides is 1. The lowest BCUT2D eigenvalue weighted by Gasteiger charge is -2.11. The van der Waals surface area contributed by atoms with E-state index in [0.29, 0.717) is 12.2 Å². The zero-order valence-electron chi connectivity index (χ0n) is 13.8. The van der Waals surface area contributed by atoms with Gasteiger partial charge in [-0.1, -0.05) is 28.1 Å². The number of carboxylic acid groups (broad SMARTS) is 1. The van der Waals surface area contributed by atoms with Crippen LogP contribution in [0.2, 0.25) is 0 Å². The molecule has 0 saturated carbocycles. The Morgan fingerprint density at radius 3 is 2.58 bits per heavy atom. The summed E-state index contributed by atoms with van der Waals surface area (Å²) in [5.41, 5.74) is 1.68. The van der Waals surface area contributed by atoms with Crippen molar-refractivity contribution in [3.05, 3.63) is 64.7 Å². The van der Waals surface area contributed by atoms with Crippen LogP contribution in [0.4, 0.5) is 5.69 Å². The van der Waals surface area contributed by atoms with E-state index in [9.17, 15) is 9.59 Å². The third-order valence-corrected chi connectivity index (χ3v) is 4.31. The summed E-state index contributed by atoms with van der Waals surface area (Å²) in [7, 11) is 0. The van der Waals surface area contributed by atoms with E-state index in [0.717, 1.165) is 10.0 Å². The molecule has 0 radical (unpaired) electrons. The third kappa shape index (κ3) is 4.17. The fourth-order valence-corrected chi connectivity index (χ4v) is 2.58. The number of hydrogen-bond donors (Lipinski definition) is 2. The highest BCUT2D eigenvalue weighted by molar-refractivity contribution is 9.10. The van der Waals surface area contributed by atoms with Gasteiger partial charge in [-0.2, -0.15) is 10.2 Å². The summed E-state index contributed by atoms with van der Waals surface area (Å²) in [6.07, 6.45) is 5.83. The van der Waals surface area contributed by atoms with Crippen molar-refractivity contribution < 1.29 is 14.7 Å². The van der Waals surface area contributed by atoms with Crippen molar-refractivity contribution in [3.63, 3.8) is 0 Å². The summed E-state index contributed by atoms with van der Waals surface area (Å²) < 4.78 is 4.04. The molecule has 2 heterocycles. The molecule has 0 fully saturated rings. The van der Waals surface area contributed by atoms with Crippen LogP contribution in [-0.4, -0.2) is 36.5 Å². The highest BCUT2D eigenvalue weighted by atomic mass is 79.9. The molecule has 9 heteroatoms. The second-order valence-corrected chi connectivity index (χ2v) is 6.65. The predicted octanol–water partition coefficient (Wildman–Crippen LogP) is 2.79. The number of carbonyl (C=O) groups excluding carboxylic acids is 1. The number of aromatic carboxylic acids is 1. The summed E-state index contributed by atoms with van der Waals surface area (Å²) in [6, 6.07) is 7.24. The van der Waals surface area contributed by atoms with Gasteiger partial charge in [0, 0.05) is 16.9 Å². The Balaban J connectivity index is 1.63. The Labute approximate surface area is 157 Å². The van der Waals surface area contributed by atoms with Crippen LogP contribution < -0.4 is 5.32 Å². The van der Waals surface area contributed by atoms with Crippen molar-refractivity contribution in [2.45, 2.75) is 19.5 Å². The maximum Gasteiger partial charge on any atom is 0.338 e. The summed E-state index contributed by atoms with van der Waals surface area (Å²) in [6.45, 7) is 2.22. The second kappa shape index (κ2) is 7.52. The van der Waals surface area contributed by atoms with Crippen LogP contribution in [0.1, 0.15) is 28.9 Å². The molecule has 26 heavy (non-hydrogen) atoms. The van der Waals surface area contributed by atoms with E-state index in [2.05, 4.69) is 31.4 Å². The molecular weight excluding hydrogens is 402 g/mol. The molecule has 2 aromatic heterocycles. The minimum Gasteiger partial charge on any atom is -0.478 e. The van der Waals surface area contributed by atoms with E-state index >= 15 is 0 Å². The minimum absolute atomic E-state index is 0.0342. The van der Waals surface area contributed by atoms with Gasteiger partial charge in [0.15, 0.2) is 0 Å². The van der Waals surface area contributed by atoms with Gasteiger partial charge in [0.2, 0.25) is 5.91 Å². The molecule has 0 spiro atoms. The van der Waals surface area contributed by atoms with Crippen LogP contribution in [0.15, 0.2) is 53.5 Å². The van der Waals surface area contributed by atoms with Gasteiger partial charge in [0.05, 0.1) is 30.2 Å². The quantitative estimate of drug-likeness (QED) is 0.641. The molecule has 8 nitrogen and oxygen atoms in total. The average Bonchev–Trinajstić information content (AvgIpc) is 3.26. The molecule has 3 rings (SSSR count). The van der Waals surface area contributed by atoms with Gasteiger partial charge in [0.25, 0.3) is 0 Å². The molecule has 2 N–H and O–H groups in total. The normalized spacial score (nSPS) is 11.9. The van der Waals surface area contributed by atoms with Gasteiger partial charge in [-0.15, -0.1) is 0 Å². The molecule has 134 valence electrons. The molecule has 0 saturated heterocycles. The van der Waals surface area contributed by atoms with Crippen molar-refractivity contribution in [1.82, 2.24) is 19.6 Å². The monoisotopic (exact) mass is 417 g/mol. The lowest BCUT2D eigenvalue weighted by atomic mass is 10.2. The lowest BCUT2D eigenvalue weighted by Crippen LogP contribution is -2.23. The number of rotatable bonds is 6. The number of aromatic nitrogens is 4. The van der Waals surface area contributed by atoms with E-state index in [1.165, 1.54) is 17.1 Å². The van der Waals surface area contributed by atoms with Crippen molar-refractivity contribution >= 4 is 33.5 Å². The number of nitrogens with zero attached hydrogens (tertiary/aromatic N) is 4. The van der Waals surface area contributed by atoms with Crippen molar-refractivity contribution in [2.75, 3.05) is 5.32 Å². The topological polar surface area (TPSA) is 102 Å². The first-order valence-electron chi connectivity index (χ1n) is 7.77. The van der Waals surface area contributed by atoms with Crippen LogP contribution in [0.5, 0.6) is 0 Å². The van der Waals surface area contributed by atoms with Crippen LogP contribution in [0.3, 0.4) is 0 Å². The van der Waals surface area contributed by atoms with Crippen LogP contribution in [0, 0.1) is 0 Å². The molecule has 0 bridgehead atoms. The maximum absolute atomic E-state index is 12.3. The Hall–Kier alpha value is -2.94. The number of carbonyl (C=O) groups is 2. The molecule has 0 aliphatic heterocycles. The zero-order valence-corrected chi connectivity index (χ0v) is 15.4. The summed E-state index contributed by atoms with van der Waals surface area (Å²) in [4.78, 5) is 23.2. The summed E-state index contributed by atoms with van der Waals surface area (Å²) >= 11 is 3.39. The first-order valence-corrected chi connectivity index (χ1v) is 8.57. The van der Waals surface area contributed by atoms with Gasteiger partial charge >= 0.3 is 5.97 Å². The summed E-state index contributed by atoms with van der Waals surface area (Å²) in [5, 5.41) is 19.8. The second-order valence-electron chi connectivity index (χ2n) is 5.73. The molecule has 3 aromatic rings. The Kier molecular flexibility index (Phi) is 5.17. The Bertz CT molecular complexity index is 932. The fourth-order valence-electron chi connectivity index (χ4n) is 2.32. The minimum atomic E-state index is -1.09. The molecule has 0 aliphatic rings. The molecule has 1 unspecified atom stereocenters. The SMILES string of the molecule is CC(C(=O)Nc1cnn(Cc2ccc(Br)cc2)c1)n1cc(C(=O)O)cn1. The molecular formula is C17H16BrN5O3. The zero-order chi connectivity index (χ0) is 18.7. The molecule has 1 atom stereocenters. The van der Waals surface area contributed by atoms with E-state index in [4.69, 9.17) is 5.11 Å². The van der Waals surface area contributed by atoms with Gasteiger partial charge in [0.1, 0.15) is 6.04 Å². The van der Waals surface area contributed by atoms with Crippen molar-refractivity contribution in [2.24, 2.45) is 0 Å². The standard InChI is InChI=1S/C17H16BrN5O3/c1-11(23-9-13(6-20-23)17(25)26)16(24)21-15-7-19-22(10-15)8-12-2-4-14(18)5-3-12/h2-7,9-11H,8H2,1H3,(H,21,24)(H,25,26). The number of carboxylic acids is 1. The Morgan fingerprint density at radius 2 is 1.92 bits per heavy atom. The first-order chi connectivity index (χ1) is 12.4. The third-order valence-electron chi connectivity index (χ3n) is 3.78. The number of nitrogens with one attached hydrogen (secondary N) is 1. The first kappa shape index (κ1) is 17.9. The lowest BCUT2D eigenvalue weighted by molar-refractivity contribution is -0.119. The van der Waals surface area contributed by atoms with Gasteiger partial charge in [-0.25, -0.2) is 4.79 Å². The van der Waals surface area contributed by atoms with E-state index in [1.807, 2.05) is 24.3 Å². The summed E-state index contributed by atoms with van der Waals surface area (Å²) in [5.74, 6) is -1.40. The Morgan fingerprint density at radius 1 is 1.19 bits per heavy atom. The maximum atomic E-state index is 12.3. The van der Waals surface area contributed by atoms with E-state index in [1.54, 1.807) is 24.0 Å². The van der Waals surface area contributed by atoms with E-state index in [-0.39, 0.29) is 11.5 Å². The highest BCUT2D eigenvalue weighted by Gasteiger charge is 2.18. The van der Waals surface area contributed by atoms with Crippen molar-refractivity contribution in [3.8, 4) is 0 Å². The number of hydrogen-bond acceptors (Lipinski definition) is 4. The van der Waals surface area contributed by atoms with E-state index < -0.39 is 12.0 Å².